The summed E-state index contributed by atoms with van der Waals surface area (Å²) in [7, 11) is 5.53. The van der Waals surface area contributed by atoms with Gasteiger partial charge in [0.1, 0.15) is 29.7 Å². The van der Waals surface area contributed by atoms with Crippen LogP contribution in [0.3, 0.4) is 0 Å². The zero-order valence-electron chi connectivity index (χ0n) is 25.9. The summed E-state index contributed by atoms with van der Waals surface area (Å²) in [6.45, 7) is 12.2. The molecule has 1 heterocycles. The summed E-state index contributed by atoms with van der Waals surface area (Å²) < 4.78 is 31.9. The lowest BCUT2D eigenvalue weighted by molar-refractivity contribution is 0.150. The van der Waals surface area contributed by atoms with Gasteiger partial charge in [0.15, 0.2) is 0 Å². The third kappa shape index (κ3) is 7.05. The average Bonchev–Trinajstić information content (AvgIpc) is 2.92. The van der Waals surface area contributed by atoms with Gasteiger partial charge in [0.05, 0.1) is 12.6 Å². The Bertz CT molecular complexity index is 1480. The number of rotatable bonds is 10. The van der Waals surface area contributed by atoms with Crippen molar-refractivity contribution in [1.82, 2.24) is 9.80 Å². The normalized spacial score (nSPS) is 13.6. The number of nitrogens with zero attached hydrogens (tertiary/aromatic N) is 2. The van der Waals surface area contributed by atoms with Gasteiger partial charge in [0.25, 0.3) is 0 Å². The van der Waals surface area contributed by atoms with Crippen LogP contribution in [0.5, 0.6) is 17.2 Å². The van der Waals surface area contributed by atoms with Crippen LogP contribution in [-0.2, 0) is 6.61 Å². The van der Waals surface area contributed by atoms with Crippen molar-refractivity contribution in [2.24, 2.45) is 0 Å². The van der Waals surface area contributed by atoms with Crippen molar-refractivity contribution >= 4 is 17.4 Å². The lowest BCUT2D eigenvalue weighted by Gasteiger charge is -2.33. The summed E-state index contributed by atoms with van der Waals surface area (Å²) in [6.07, 6.45) is 1.79. The number of allylic oxidation sites excluding steroid dienone is 1. The molecule has 1 amide bonds. The van der Waals surface area contributed by atoms with Gasteiger partial charge in [0, 0.05) is 54.1 Å². The molecule has 0 aromatic heterocycles. The molecule has 3 aromatic rings. The second kappa shape index (κ2) is 12.9. The quantitative estimate of drug-likeness (QED) is 0.272. The summed E-state index contributed by atoms with van der Waals surface area (Å²) in [4.78, 5) is 16.6. The molecule has 1 aliphatic rings. The van der Waals surface area contributed by atoms with E-state index in [1.165, 1.54) is 12.1 Å². The molecule has 7 nitrogen and oxygen atoms in total. The summed E-state index contributed by atoms with van der Waals surface area (Å²) >= 11 is 0. The Labute approximate surface area is 248 Å². The Kier molecular flexibility index (Phi) is 9.46. The van der Waals surface area contributed by atoms with Crippen molar-refractivity contribution in [3.8, 4) is 28.4 Å². The number of likely N-dealkylation sites (N-methyl/N-ethyl adjacent to an activating group) is 2. The number of methoxy groups -OCH3 is 1. The van der Waals surface area contributed by atoms with E-state index in [1.54, 1.807) is 30.2 Å². The van der Waals surface area contributed by atoms with E-state index >= 15 is 0 Å². The van der Waals surface area contributed by atoms with Crippen LogP contribution in [0.25, 0.3) is 16.7 Å². The monoisotopic (exact) mass is 575 g/mol. The third-order valence-corrected chi connectivity index (χ3v) is 7.39. The minimum absolute atomic E-state index is 0.210. The smallest absolute Gasteiger partial charge is 0.415 e. The molecular weight excluding hydrogens is 533 g/mol. The fraction of sp³-hybridized carbons (Fsp3) is 0.382. The van der Waals surface area contributed by atoms with E-state index in [1.807, 2.05) is 45.0 Å². The number of hydrogen-bond donors (Lipinski definition) is 1. The Balaban J connectivity index is 1.73. The summed E-state index contributed by atoms with van der Waals surface area (Å²) in [5.41, 5.74) is 6.48. The highest BCUT2D eigenvalue weighted by Crippen LogP contribution is 2.43. The zero-order chi connectivity index (χ0) is 30.6. The molecule has 0 saturated heterocycles. The van der Waals surface area contributed by atoms with E-state index < -0.39 is 6.09 Å². The number of fused-ring (bicyclic) bond motifs is 1. The predicted molar refractivity (Wildman–Crippen MR) is 167 cm³/mol. The van der Waals surface area contributed by atoms with Crippen LogP contribution in [0.2, 0.25) is 0 Å². The van der Waals surface area contributed by atoms with Gasteiger partial charge in [-0.3, -0.25) is 0 Å². The maximum atomic E-state index is 14.1. The maximum Gasteiger partial charge on any atom is 0.415 e. The Hall–Kier alpha value is -4.04. The number of carbonyl (C=O) groups is 1. The Morgan fingerprint density at radius 2 is 1.71 bits per heavy atom. The molecule has 0 atom stereocenters. The molecule has 42 heavy (non-hydrogen) atoms. The molecule has 3 aromatic carbocycles. The SMILES string of the molecule is CCN(CCN(C)C)C(=O)Oc1ccc(-c2ccc3c(c2COc2cc(F)ccc2C)C(C)=CC(C)(C)N3)c(OC)c1. The third-order valence-electron chi connectivity index (χ3n) is 7.39. The number of nitrogens with one attached hydrogen (secondary N) is 1. The molecule has 1 aliphatic heterocycles. The first-order valence-electron chi connectivity index (χ1n) is 14.2. The van der Waals surface area contributed by atoms with Crippen molar-refractivity contribution in [3.05, 3.63) is 77.1 Å². The van der Waals surface area contributed by atoms with Gasteiger partial charge < -0.3 is 29.3 Å². The van der Waals surface area contributed by atoms with Crippen molar-refractivity contribution < 1.29 is 23.4 Å². The largest absolute Gasteiger partial charge is 0.496 e. The molecule has 4 rings (SSSR count). The zero-order valence-corrected chi connectivity index (χ0v) is 25.9. The van der Waals surface area contributed by atoms with Crippen LogP contribution in [0.4, 0.5) is 14.9 Å². The summed E-state index contributed by atoms with van der Waals surface area (Å²) in [5, 5.41) is 3.61. The molecule has 0 bridgehead atoms. The lowest BCUT2D eigenvalue weighted by Crippen LogP contribution is -2.38. The number of aryl methyl sites for hydroxylation is 1. The molecule has 0 aliphatic carbocycles. The molecule has 8 heteroatoms. The fourth-order valence-electron chi connectivity index (χ4n) is 5.30. The number of hydrogen-bond acceptors (Lipinski definition) is 6. The first-order valence-corrected chi connectivity index (χ1v) is 14.2. The highest BCUT2D eigenvalue weighted by atomic mass is 19.1. The number of halogens is 1. The number of anilines is 1. The van der Waals surface area contributed by atoms with E-state index in [0.717, 1.165) is 45.6 Å². The molecular formula is C34H42FN3O4. The highest BCUT2D eigenvalue weighted by molar-refractivity contribution is 5.88. The molecule has 0 spiro atoms. The summed E-state index contributed by atoms with van der Waals surface area (Å²) in [5.74, 6) is 1.11. The van der Waals surface area contributed by atoms with Crippen molar-refractivity contribution in [1.29, 1.82) is 0 Å². The van der Waals surface area contributed by atoms with Gasteiger partial charge in [-0.25, -0.2) is 9.18 Å². The minimum Gasteiger partial charge on any atom is -0.496 e. The van der Waals surface area contributed by atoms with E-state index in [0.29, 0.717) is 30.3 Å². The fourth-order valence-corrected chi connectivity index (χ4v) is 5.30. The van der Waals surface area contributed by atoms with Gasteiger partial charge in [0.2, 0.25) is 0 Å². The van der Waals surface area contributed by atoms with Gasteiger partial charge in [-0.05, 0) is 89.7 Å². The van der Waals surface area contributed by atoms with Crippen LogP contribution < -0.4 is 19.5 Å². The minimum atomic E-state index is -0.406. The van der Waals surface area contributed by atoms with Crippen LogP contribution in [0.1, 0.15) is 44.4 Å². The summed E-state index contributed by atoms with van der Waals surface area (Å²) in [6, 6.07) is 14.1. The van der Waals surface area contributed by atoms with Crippen LogP contribution in [0, 0.1) is 12.7 Å². The van der Waals surface area contributed by atoms with Crippen molar-refractivity contribution in [2.45, 2.75) is 46.8 Å². The number of benzene rings is 3. The number of ether oxygens (including phenoxy) is 3. The molecule has 224 valence electrons. The van der Waals surface area contributed by atoms with Gasteiger partial charge >= 0.3 is 6.09 Å². The molecule has 0 radical (unpaired) electrons. The maximum absolute atomic E-state index is 14.1. The number of amides is 1. The van der Waals surface area contributed by atoms with Crippen molar-refractivity contribution in [2.75, 3.05) is 46.2 Å². The standard InChI is InChI=1S/C34H42FN3O4/c1-9-38(17-16-37(6)7)33(39)42-25-12-13-27(31(19-25)40-8)26-14-15-29-32(23(3)20-34(4,5)36-29)28(26)21-41-30-18-24(35)11-10-22(30)2/h10-15,18-20,36H,9,16-17,21H2,1-8H3. The first kappa shape index (κ1) is 30.9. The number of carbonyl (C=O) groups excluding carboxylic acids is 1. The molecule has 1 N–H and O–H groups in total. The molecule has 0 fully saturated rings. The van der Waals surface area contributed by atoms with Gasteiger partial charge in [-0.1, -0.05) is 18.2 Å². The molecule has 0 unspecified atom stereocenters. The molecule has 0 saturated carbocycles. The van der Waals surface area contributed by atoms with Gasteiger partial charge in [-0.2, -0.15) is 0 Å². The second-order valence-electron chi connectivity index (χ2n) is 11.5. The van der Waals surface area contributed by atoms with Crippen molar-refractivity contribution in [3.63, 3.8) is 0 Å². The second-order valence-corrected chi connectivity index (χ2v) is 11.5. The first-order chi connectivity index (χ1) is 19.9. The van der Waals surface area contributed by atoms with E-state index in [2.05, 4.69) is 38.2 Å². The average molecular weight is 576 g/mol. The van der Waals surface area contributed by atoms with E-state index in [-0.39, 0.29) is 18.0 Å². The topological polar surface area (TPSA) is 63.3 Å². The Morgan fingerprint density at radius 1 is 0.976 bits per heavy atom. The highest BCUT2D eigenvalue weighted by Gasteiger charge is 2.27. The van der Waals surface area contributed by atoms with E-state index in [4.69, 9.17) is 14.2 Å². The lowest BCUT2D eigenvalue weighted by atomic mass is 9.85. The Morgan fingerprint density at radius 3 is 2.40 bits per heavy atom. The predicted octanol–water partition coefficient (Wildman–Crippen LogP) is 7.38. The van der Waals surface area contributed by atoms with Gasteiger partial charge in [-0.15, -0.1) is 0 Å². The van der Waals surface area contributed by atoms with Crippen LogP contribution in [-0.4, -0.2) is 62.3 Å². The van der Waals surface area contributed by atoms with Crippen LogP contribution >= 0.6 is 0 Å². The van der Waals surface area contributed by atoms with E-state index in [9.17, 15) is 9.18 Å². The van der Waals surface area contributed by atoms with Crippen LogP contribution in [0.15, 0.2) is 54.6 Å².